The zero-order valence-corrected chi connectivity index (χ0v) is 17.6. The molecular weight excluding hydrogens is 381 g/mol. The van der Waals surface area contributed by atoms with Gasteiger partial charge in [0, 0.05) is 54.6 Å². The van der Waals surface area contributed by atoms with Gasteiger partial charge in [0.1, 0.15) is 11.5 Å². The van der Waals surface area contributed by atoms with Crippen LogP contribution in [0.5, 0.6) is 0 Å². The molecule has 25 heavy (non-hydrogen) atoms. The van der Waals surface area contributed by atoms with Crippen LogP contribution in [0.3, 0.4) is 0 Å². The molecule has 0 spiro atoms. The Hall–Kier alpha value is -1.70. The van der Waals surface area contributed by atoms with Crippen molar-refractivity contribution in [3.63, 3.8) is 0 Å². The van der Waals surface area contributed by atoms with Crippen molar-refractivity contribution in [1.29, 1.82) is 0 Å². The Morgan fingerprint density at radius 2 is 0.880 bits per heavy atom. The molecule has 0 aliphatic rings. The van der Waals surface area contributed by atoms with Crippen LogP contribution in [0.1, 0.15) is 6.92 Å². The summed E-state index contributed by atoms with van der Waals surface area (Å²) < 4.78 is 6.24. The van der Waals surface area contributed by atoms with E-state index in [4.69, 9.17) is 4.42 Å². The monoisotopic (exact) mass is 403 g/mol. The third-order valence-electron chi connectivity index (χ3n) is 3.69. The Balaban J connectivity index is 0.000000755. The van der Waals surface area contributed by atoms with Gasteiger partial charge in [0.05, 0.1) is 0 Å². The first-order valence-corrected chi connectivity index (χ1v) is 7.76. The second-order valence-electron chi connectivity index (χ2n) is 5.04. The van der Waals surface area contributed by atoms with Crippen LogP contribution in [0, 0.1) is 14.4 Å². The summed E-state index contributed by atoms with van der Waals surface area (Å²) in [5, 5.41) is 2.31. The molecule has 1 aromatic heterocycles. The second-order valence-corrected chi connectivity index (χ2v) is 5.04. The summed E-state index contributed by atoms with van der Waals surface area (Å²) in [7, 11) is 0. The molecule has 4 rings (SSSR count). The van der Waals surface area contributed by atoms with Crippen LogP contribution in [-0.2, 0) is 32.7 Å². The van der Waals surface area contributed by atoms with Crippen molar-refractivity contribution in [2.24, 2.45) is 0 Å². The van der Waals surface area contributed by atoms with E-state index in [0.29, 0.717) is 0 Å². The number of furan rings is 1. The molecular formula is C23H22OY-2. The summed E-state index contributed by atoms with van der Waals surface area (Å²) in [6.07, 6.45) is 0. The Morgan fingerprint density at radius 1 is 0.560 bits per heavy atom. The third-order valence-corrected chi connectivity index (χ3v) is 3.69. The van der Waals surface area contributed by atoms with Crippen LogP contribution in [0.25, 0.3) is 33.4 Å². The van der Waals surface area contributed by atoms with E-state index in [2.05, 4.69) is 55.5 Å². The van der Waals surface area contributed by atoms with E-state index in [0.717, 1.165) is 33.4 Å². The number of benzene rings is 3. The van der Waals surface area contributed by atoms with Crippen molar-refractivity contribution < 1.29 is 37.1 Å². The normalized spacial score (nSPS) is 9.36. The van der Waals surface area contributed by atoms with Gasteiger partial charge in [0.25, 0.3) is 0 Å². The molecule has 0 unspecified atom stereocenters. The maximum absolute atomic E-state index is 6.24. The summed E-state index contributed by atoms with van der Waals surface area (Å²) >= 11 is 0. The van der Waals surface area contributed by atoms with Crippen LogP contribution in [-0.4, -0.2) is 0 Å². The Bertz CT molecular complexity index is 806. The van der Waals surface area contributed by atoms with Crippen molar-refractivity contribution in [3.8, 4) is 22.6 Å². The maximum atomic E-state index is 6.24. The Kier molecular flexibility index (Phi) is 8.82. The average molecular weight is 403 g/mol. The van der Waals surface area contributed by atoms with Crippen molar-refractivity contribution in [1.82, 2.24) is 0 Å². The van der Waals surface area contributed by atoms with Gasteiger partial charge >= 0.3 is 0 Å². The molecule has 2 heteroatoms. The Morgan fingerprint density at radius 3 is 1.24 bits per heavy atom. The fourth-order valence-corrected chi connectivity index (χ4v) is 2.70. The van der Waals surface area contributed by atoms with Crippen LogP contribution < -0.4 is 0 Å². The van der Waals surface area contributed by atoms with E-state index in [1.54, 1.807) is 6.92 Å². The smallest absolute Gasteiger partial charge is 0.142 e. The van der Waals surface area contributed by atoms with Crippen molar-refractivity contribution >= 4 is 10.8 Å². The molecule has 0 atom stereocenters. The van der Waals surface area contributed by atoms with Crippen molar-refractivity contribution in [2.75, 3.05) is 0 Å². The molecule has 0 aliphatic carbocycles. The zero-order chi connectivity index (χ0) is 16.1. The SMILES string of the molecule is [CH2-]C.[CH3-].[Y].c1ccc(-c2oc(-c3ccccc3)c3ccccc23)cc1. The van der Waals surface area contributed by atoms with Gasteiger partial charge in [0.2, 0.25) is 0 Å². The first-order chi connectivity index (χ1) is 11.4. The van der Waals surface area contributed by atoms with Crippen molar-refractivity contribution in [3.05, 3.63) is 99.3 Å². The van der Waals surface area contributed by atoms with E-state index in [1.165, 1.54) is 0 Å². The van der Waals surface area contributed by atoms with E-state index >= 15 is 0 Å². The molecule has 0 saturated heterocycles. The van der Waals surface area contributed by atoms with Gasteiger partial charge in [-0.2, -0.15) is 6.92 Å². The minimum absolute atomic E-state index is 0. The van der Waals surface area contributed by atoms with Gasteiger partial charge < -0.3 is 18.8 Å². The van der Waals surface area contributed by atoms with E-state index in [-0.39, 0.29) is 40.1 Å². The maximum Gasteiger partial charge on any atom is 0.142 e. The average Bonchev–Trinajstić information content (AvgIpc) is 3.05. The van der Waals surface area contributed by atoms with E-state index in [9.17, 15) is 0 Å². The molecule has 0 fully saturated rings. The summed E-state index contributed by atoms with van der Waals surface area (Å²) in [6, 6.07) is 28.9. The standard InChI is InChI=1S/C20H14O.C2H5.CH3.Y/c1-3-9-15(10-4-1)19-17-13-7-8-14-18(17)20(21-19)16-11-5-2-6-12-16;1-2;;/h1-14H;1H2,2H3;1H3;/q;2*-1;. The number of hydrogen-bond donors (Lipinski definition) is 0. The van der Waals surface area contributed by atoms with Gasteiger partial charge in [-0.25, -0.2) is 0 Å². The van der Waals surface area contributed by atoms with Crippen LogP contribution >= 0.6 is 0 Å². The summed E-state index contributed by atoms with van der Waals surface area (Å²) in [5.41, 5.74) is 2.21. The fraction of sp³-hybridized carbons (Fsp3) is 0.0435. The molecule has 0 bridgehead atoms. The summed E-state index contributed by atoms with van der Waals surface area (Å²) in [6.45, 7) is 5.00. The van der Waals surface area contributed by atoms with Gasteiger partial charge in [-0.1, -0.05) is 84.9 Å². The van der Waals surface area contributed by atoms with Crippen LogP contribution in [0.2, 0.25) is 0 Å². The molecule has 1 heterocycles. The summed E-state index contributed by atoms with van der Waals surface area (Å²) in [4.78, 5) is 0. The number of rotatable bonds is 2. The predicted molar refractivity (Wildman–Crippen MR) is 105 cm³/mol. The van der Waals surface area contributed by atoms with E-state index in [1.807, 2.05) is 36.4 Å². The van der Waals surface area contributed by atoms with Gasteiger partial charge in [0.15, 0.2) is 0 Å². The predicted octanol–water partition coefficient (Wildman–Crippen LogP) is 7.05. The van der Waals surface area contributed by atoms with Crippen LogP contribution in [0.15, 0.2) is 89.3 Å². The van der Waals surface area contributed by atoms with Crippen LogP contribution in [0.4, 0.5) is 0 Å². The molecule has 0 aliphatic heterocycles. The van der Waals surface area contributed by atoms with E-state index < -0.39 is 0 Å². The molecule has 0 N–H and O–H groups in total. The molecule has 125 valence electrons. The topological polar surface area (TPSA) is 13.1 Å². The van der Waals surface area contributed by atoms with Gasteiger partial charge in [-0.3, -0.25) is 0 Å². The largest absolute Gasteiger partial charge is 0.455 e. The Labute approximate surface area is 176 Å². The molecule has 3 aromatic carbocycles. The molecule has 0 saturated carbocycles. The quantitative estimate of drug-likeness (QED) is 0.327. The minimum atomic E-state index is 0. The molecule has 1 radical (unpaired) electrons. The first-order valence-electron chi connectivity index (χ1n) is 7.76. The second kappa shape index (κ2) is 10.3. The first kappa shape index (κ1) is 21.3. The molecule has 0 amide bonds. The number of hydrogen-bond acceptors (Lipinski definition) is 1. The molecule has 1 nitrogen and oxygen atoms in total. The van der Waals surface area contributed by atoms with Gasteiger partial charge in [-0.15, -0.1) is 0 Å². The minimum Gasteiger partial charge on any atom is -0.455 e. The number of fused-ring (bicyclic) bond motifs is 1. The zero-order valence-electron chi connectivity index (χ0n) is 14.8. The summed E-state index contributed by atoms with van der Waals surface area (Å²) in [5.74, 6) is 1.87. The third kappa shape index (κ3) is 4.48. The van der Waals surface area contributed by atoms with Crippen molar-refractivity contribution in [2.45, 2.75) is 6.92 Å². The van der Waals surface area contributed by atoms with Gasteiger partial charge in [-0.05, 0) is 0 Å². The molecule has 4 aromatic rings. The fourth-order valence-electron chi connectivity index (χ4n) is 2.70.